The maximum absolute atomic E-state index is 2.58. The Morgan fingerprint density at radius 1 is 0.218 bits per heavy atom. The van der Waals surface area contributed by atoms with Crippen molar-refractivity contribution in [3.63, 3.8) is 0 Å². The first-order valence-corrected chi connectivity index (χ1v) is 36.1. The van der Waals surface area contributed by atoms with E-state index >= 15 is 0 Å². The summed E-state index contributed by atoms with van der Waals surface area (Å²) in [6.45, 7) is 24.8. The van der Waals surface area contributed by atoms with Crippen molar-refractivity contribution in [2.24, 2.45) is 0 Å². The lowest BCUT2D eigenvalue weighted by atomic mass is 10.1. The zero-order valence-electron chi connectivity index (χ0n) is 56.2. The van der Waals surface area contributed by atoms with Crippen LogP contribution in [0.3, 0.4) is 0 Å². The third-order valence-electron chi connectivity index (χ3n) is 17.3. The Morgan fingerprint density at radius 2 is 0.346 bits per heavy atom. The number of likely N-dealkylation sites (N-methyl/N-ethyl adjacent to an activating group) is 6. The summed E-state index contributed by atoms with van der Waals surface area (Å²) in [5.41, 5.74) is 0. The van der Waals surface area contributed by atoms with Gasteiger partial charge in [0.2, 0.25) is 0 Å². The second-order valence-corrected chi connectivity index (χ2v) is 27.9. The van der Waals surface area contributed by atoms with Crippen LogP contribution < -0.4 is 24.0 Å². The predicted molar refractivity (Wildman–Crippen MR) is 367 cm³/mol. The maximum atomic E-state index is 2.58. The smallest absolute Gasteiger partial charge is 0.128 e. The molecule has 0 bridgehead atoms. The number of halogens is 2. The molecule has 0 aliphatic heterocycles. The Kier molecular flexibility index (Phi) is 72.7. The van der Waals surface area contributed by atoms with E-state index in [2.05, 4.69) is 133 Å². The zero-order chi connectivity index (χ0) is 56.8. The highest BCUT2D eigenvalue weighted by molar-refractivity contribution is 14.1. The first-order valence-electron chi connectivity index (χ1n) is 33.9. The van der Waals surface area contributed by atoms with Gasteiger partial charge in [0, 0.05) is 13.1 Å². The Morgan fingerprint density at radius 3 is 0.513 bits per heavy atom. The Labute approximate surface area is 530 Å². The minimum Gasteiger partial charge on any atom is -1.00 e. The normalized spacial score (nSPS) is 12.1. The van der Waals surface area contributed by atoms with Crippen LogP contribution in [0.2, 0.25) is 0 Å². The molecule has 8 heteroatoms. The molecular weight excluding hydrogens is 1180 g/mol. The molecule has 0 spiro atoms. The first kappa shape index (κ1) is 90.4. The van der Waals surface area contributed by atoms with Crippen LogP contribution in [-0.2, 0) is 0 Å². The van der Waals surface area contributed by atoms with E-state index in [0.29, 0.717) is 0 Å². The van der Waals surface area contributed by atoms with Gasteiger partial charge in [-0.2, -0.15) is 0 Å². The van der Waals surface area contributed by atoms with Gasteiger partial charge in [-0.25, -0.2) is 0 Å². The molecule has 0 aromatic rings. The third-order valence-corrected chi connectivity index (χ3v) is 17.3. The maximum Gasteiger partial charge on any atom is 0.128 e. The summed E-state index contributed by atoms with van der Waals surface area (Å²) >= 11 is 2.15. The van der Waals surface area contributed by atoms with E-state index in [9.17, 15) is 0 Å². The fourth-order valence-electron chi connectivity index (χ4n) is 10.7. The van der Waals surface area contributed by atoms with E-state index in [4.69, 9.17) is 0 Å². The van der Waals surface area contributed by atoms with Crippen LogP contribution in [0.1, 0.15) is 299 Å². The summed E-state index contributed by atoms with van der Waals surface area (Å²) in [5.74, 6) is 0. The lowest BCUT2D eigenvalue weighted by Crippen LogP contribution is -3.00. The highest BCUT2D eigenvalue weighted by Crippen LogP contribution is 2.17. The fraction of sp³-hybridized carbons (Fsp3) is 1.00. The number of unbranched alkanes of at least 4 members (excludes halogenated alkanes) is 36. The van der Waals surface area contributed by atoms with Crippen LogP contribution in [-0.4, -0.2) is 188 Å². The van der Waals surface area contributed by atoms with Gasteiger partial charge in [0.05, 0.1) is 110 Å². The molecular formula is C70H160I2N6+4. The SMILES string of the molecule is C.C.CCCCCCCCCCCC[N+](C)(C)CCN(C)CC[N+](C)(C)CCCCCCCCCCCC.CCCCCCCCCCCC[N+](C)(C)CC[N+](C)(C)CC[N+](C)(C)CCCCCCCCCCCC.CI.[I-]. The van der Waals surface area contributed by atoms with E-state index < -0.39 is 0 Å². The van der Waals surface area contributed by atoms with Gasteiger partial charge in [0.15, 0.2) is 0 Å². The molecule has 0 saturated carbocycles. The summed E-state index contributed by atoms with van der Waals surface area (Å²) in [4.78, 5) is 4.55. The Bertz CT molecular complexity index is 1030. The third kappa shape index (κ3) is 71.5. The summed E-state index contributed by atoms with van der Waals surface area (Å²) in [5, 5.41) is 0. The van der Waals surface area contributed by atoms with Crippen LogP contribution in [0, 0.1) is 0 Å². The standard InChI is InChI=1S/C34H76N3.C33H73N3.CH3I.2CH4.HI/c1-9-11-13-15-17-19-21-23-25-27-29-35(3,4)31-33-37(7,8)34-32-36(5,6)30-28-26-24-22-20-18-16-14-12-10-2;1-8-10-12-14-16-18-20-22-24-26-30-35(4,5)32-28-34(3)29-33-36(6,7)31-27-25-23-21-19-17-15-13-11-9-2;1-2;;;/h9-34H2,1-8H3;8-33H2,1-7H3;1H3;2*1H4;1H/q+3;+2;;;;/p-1. The number of rotatable bonds is 56. The van der Waals surface area contributed by atoms with E-state index in [1.165, 1.54) is 358 Å². The van der Waals surface area contributed by atoms with Crippen LogP contribution in [0.5, 0.6) is 0 Å². The number of quaternary nitrogens is 5. The fourth-order valence-corrected chi connectivity index (χ4v) is 10.7. The zero-order valence-corrected chi connectivity index (χ0v) is 60.5. The van der Waals surface area contributed by atoms with Crippen molar-refractivity contribution in [1.29, 1.82) is 0 Å². The van der Waals surface area contributed by atoms with Gasteiger partial charge in [-0.1, -0.05) is 271 Å². The molecule has 6 nitrogen and oxygen atoms in total. The number of alkyl halides is 1. The molecule has 0 aromatic heterocycles. The summed E-state index contributed by atoms with van der Waals surface area (Å²) in [6.07, 6.45) is 57.4. The van der Waals surface area contributed by atoms with Crippen molar-refractivity contribution in [3.8, 4) is 0 Å². The first-order chi connectivity index (χ1) is 35.8. The van der Waals surface area contributed by atoms with E-state index in [0.717, 1.165) is 0 Å². The molecule has 0 radical (unpaired) electrons. The molecule has 0 aliphatic carbocycles. The molecule has 78 heavy (non-hydrogen) atoms. The van der Waals surface area contributed by atoms with Crippen molar-refractivity contribution in [2.75, 3.05) is 161 Å². The van der Waals surface area contributed by atoms with Crippen molar-refractivity contribution in [2.45, 2.75) is 299 Å². The predicted octanol–water partition coefficient (Wildman–Crippen LogP) is 17.3. The molecule has 0 fully saturated rings. The van der Waals surface area contributed by atoms with Crippen LogP contribution >= 0.6 is 22.6 Å². The average Bonchev–Trinajstić information content (AvgIpc) is 3.37. The van der Waals surface area contributed by atoms with Gasteiger partial charge >= 0.3 is 0 Å². The van der Waals surface area contributed by atoms with Crippen molar-refractivity contribution in [1.82, 2.24) is 4.90 Å². The summed E-state index contributed by atoms with van der Waals surface area (Å²) in [7, 11) is 26.8. The van der Waals surface area contributed by atoms with E-state index in [1.54, 1.807) is 0 Å². The monoisotopic (exact) mass is 1340 g/mol. The second kappa shape index (κ2) is 62.7. The number of nitrogens with zero attached hydrogens (tertiary/aromatic N) is 6. The van der Waals surface area contributed by atoms with Crippen molar-refractivity contribution in [3.05, 3.63) is 0 Å². The van der Waals surface area contributed by atoms with Gasteiger partial charge in [0.25, 0.3) is 0 Å². The number of hydrogen-bond acceptors (Lipinski definition) is 1. The van der Waals surface area contributed by atoms with Gasteiger partial charge in [-0.15, -0.1) is 0 Å². The molecule has 0 heterocycles. The van der Waals surface area contributed by atoms with E-state index in [1.807, 2.05) is 4.93 Å². The largest absolute Gasteiger partial charge is 1.00 e. The summed E-state index contributed by atoms with van der Waals surface area (Å²) < 4.78 is 5.90. The average molecular weight is 1340 g/mol. The minimum atomic E-state index is 0. The quantitative estimate of drug-likeness (QED) is 0.0254. The molecule has 0 unspecified atom stereocenters. The molecule has 0 aliphatic rings. The topological polar surface area (TPSA) is 3.24 Å². The van der Waals surface area contributed by atoms with E-state index in [-0.39, 0.29) is 38.8 Å². The summed E-state index contributed by atoms with van der Waals surface area (Å²) in [6, 6.07) is 0. The van der Waals surface area contributed by atoms with Gasteiger partial charge in [-0.05, 0) is 63.3 Å². The highest BCUT2D eigenvalue weighted by Gasteiger charge is 2.26. The van der Waals surface area contributed by atoms with Gasteiger partial charge in [-0.3, -0.25) is 4.90 Å². The molecule has 0 N–H and O–H groups in total. The van der Waals surface area contributed by atoms with Crippen LogP contribution in [0.15, 0.2) is 0 Å². The molecule has 0 saturated heterocycles. The van der Waals surface area contributed by atoms with Crippen LogP contribution in [0.25, 0.3) is 0 Å². The van der Waals surface area contributed by atoms with Crippen LogP contribution in [0.4, 0.5) is 0 Å². The molecule has 0 rings (SSSR count). The lowest BCUT2D eigenvalue weighted by molar-refractivity contribution is -0.967. The second-order valence-electron chi connectivity index (χ2n) is 27.9. The van der Waals surface area contributed by atoms with Crippen molar-refractivity contribution < 1.29 is 46.4 Å². The molecule has 0 atom stereocenters. The molecule has 0 aromatic carbocycles. The Hall–Kier alpha value is 1.22. The van der Waals surface area contributed by atoms with Crippen molar-refractivity contribution >= 4 is 22.6 Å². The highest BCUT2D eigenvalue weighted by atomic mass is 127. The minimum absolute atomic E-state index is 0. The number of hydrogen-bond donors (Lipinski definition) is 0. The van der Waals surface area contributed by atoms with Gasteiger partial charge < -0.3 is 46.4 Å². The van der Waals surface area contributed by atoms with Gasteiger partial charge in [0.1, 0.15) is 26.2 Å². The Balaban J connectivity index is -0.000000310. The lowest BCUT2D eigenvalue weighted by Gasteiger charge is -2.38. The molecule has 0 amide bonds. The molecule has 480 valence electrons.